The van der Waals surface area contributed by atoms with E-state index >= 15 is 0 Å². The Morgan fingerprint density at radius 3 is 2.05 bits per heavy atom. The van der Waals surface area contributed by atoms with Crippen molar-refractivity contribution >= 4 is 23.5 Å². The quantitative estimate of drug-likeness (QED) is 0.432. The Bertz CT molecular complexity index is 1200. The Kier molecular flexibility index (Phi) is 11.0. The van der Waals surface area contributed by atoms with Gasteiger partial charge in [-0.2, -0.15) is 0 Å². The second-order valence-corrected chi connectivity index (χ2v) is 11.5. The van der Waals surface area contributed by atoms with Crippen molar-refractivity contribution in [1.82, 2.24) is 20.0 Å². The van der Waals surface area contributed by atoms with Gasteiger partial charge in [0.25, 0.3) is 11.8 Å². The van der Waals surface area contributed by atoms with E-state index in [4.69, 9.17) is 9.47 Å². The van der Waals surface area contributed by atoms with Gasteiger partial charge in [0.2, 0.25) is 0 Å². The van der Waals surface area contributed by atoms with Crippen LogP contribution in [0.3, 0.4) is 0 Å². The smallest absolute Gasteiger partial charge is 0.319 e. The maximum atomic E-state index is 13.3. The fourth-order valence-corrected chi connectivity index (χ4v) is 6.00. The fraction of sp³-hybridized carbons (Fsp3) is 0.531. The molecule has 2 aromatic carbocycles. The normalized spacial score (nSPS) is 19.6. The minimum Gasteiger partial charge on any atom is -0.378 e. The highest BCUT2D eigenvalue weighted by Crippen LogP contribution is 2.22. The lowest BCUT2D eigenvalue weighted by atomic mass is 9.91. The number of morpholine rings is 2. The molecule has 10 nitrogen and oxygen atoms in total. The van der Waals surface area contributed by atoms with E-state index in [0.717, 1.165) is 50.9 Å². The van der Waals surface area contributed by atoms with Gasteiger partial charge < -0.3 is 34.8 Å². The molecule has 2 N–H and O–H groups in total. The van der Waals surface area contributed by atoms with Gasteiger partial charge in [0.15, 0.2) is 0 Å². The molecule has 1 unspecified atom stereocenters. The number of nitrogens with one attached hydrogen (secondary N) is 2. The first-order chi connectivity index (χ1) is 20.9. The molecule has 0 saturated carbocycles. The summed E-state index contributed by atoms with van der Waals surface area (Å²) < 4.78 is 24.0. The van der Waals surface area contributed by atoms with E-state index in [1.807, 2.05) is 12.1 Å². The number of urea groups is 1. The third kappa shape index (κ3) is 8.98. The topological polar surface area (TPSA) is 103 Å². The van der Waals surface area contributed by atoms with Gasteiger partial charge in [-0.15, -0.1) is 0 Å². The maximum Gasteiger partial charge on any atom is 0.319 e. The van der Waals surface area contributed by atoms with Crippen molar-refractivity contribution in [3.05, 3.63) is 65.0 Å². The maximum absolute atomic E-state index is 13.3. The van der Waals surface area contributed by atoms with Crippen molar-refractivity contribution in [3.8, 4) is 0 Å². The molecule has 0 spiro atoms. The number of hydrogen-bond acceptors (Lipinski definition) is 6. The highest BCUT2D eigenvalue weighted by atomic mass is 19.1. The molecule has 0 aliphatic carbocycles. The largest absolute Gasteiger partial charge is 0.378 e. The minimum absolute atomic E-state index is 0.192. The molecule has 0 aromatic heterocycles. The van der Waals surface area contributed by atoms with Gasteiger partial charge >= 0.3 is 6.03 Å². The second-order valence-electron chi connectivity index (χ2n) is 11.5. The molecule has 3 aliphatic heterocycles. The standard InChI is InChI=1S/C32H42FN5O5/c33-28-6-4-24(5-7-28)19-25-3-1-9-36(23-25)10-2-8-34-32(41)35-29-21-26(30(39)37-11-15-42-16-12-37)20-27(22-29)31(40)38-13-17-43-18-14-38/h4-7,20-22,25H,1-3,8-19,23H2,(H2,34,35,41). The lowest BCUT2D eigenvalue weighted by molar-refractivity contribution is 0.0298. The molecule has 0 radical (unpaired) electrons. The van der Waals surface area contributed by atoms with E-state index in [2.05, 4.69) is 15.5 Å². The number of piperidine rings is 1. The molecule has 11 heteroatoms. The molecule has 43 heavy (non-hydrogen) atoms. The monoisotopic (exact) mass is 595 g/mol. The number of anilines is 1. The third-order valence-corrected chi connectivity index (χ3v) is 8.26. The first-order valence-corrected chi connectivity index (χ1v) is 15.4. The summed E-state index contributed by atoms with van der Waals surface area (Å²) in [6, 6.07) is 11.3. The van der Waals surface area contributed by atoms with E-state index in [9.17, 15) is 18.8 Å². The number of rotatable bonds is 9. The van der Waals surface area contributed by atoms with Crippen molar-refractivity contribution in [2.75, 3.05) is 84.1 Å². The number of likely N-dealkylation sites (tertiary alicyclic amines) is 1. The summed E-state index contributed by atoms with van der Waals surface area (Å²) in [6.45, 7) is 7.21. The Hall–Kier alpha value is -3.54. The van der Waals surface area contributed by atoms with Crippen molar-refractivity contribution in [2.24, 2.45) is 5.92 Å². The molecule has 3 heterocycles. The number of ether oxygens (including phenoxy) is 2. The molecule has 0 bridgehead atoms. The number of nitrogens with zero attached hydrogens (tertiary/aromatic N) is 3. The Labute approximate surface area is 252 Å². The average molecular weight is 596 g/mol. The van der Waals surface area contributed by atoms with Crippen LogP contribution in [0, 0.1) is 11.7 Å². The number of carbonyl (C=O) groups is 3. The van der Waals surface area contributed by atoms with Crippen LogP contribution in [0.25, 0.3) is 0 Å². The molecular weight excluding hydrogens is 553 g/mol. The summed E-state index contributed by atoms with van der Waals surface area (Å²) >= 11 is 0. The van der Waals surface area contributed by atoms with Crippen LogP contribution < -0.4 is 10.6 Å². The Morgan fingerprint density at radius 2 is 1.44 bits per heavy atom. The van der Waals surface area contributed by atoms with Crippen LogP contribution >= 0.6 is 0 Å². The van der Waals surface area contributed by atoms with Gasteiger partial charge in [0, 0.05) is 56.1 Å². The summed E-state index contributed by atoms with van der Waals surface area (Å²) in [7, 11) is 0. The van der Waals surface area contributed by atoms with Crippen molar-refractivity contribution in [1.29, 1.82) is 0 Å². The van der Waals surface area contributed by atoms with Gasteiger partial charge in [-0.3, -0.25) is 9.59 Å². The number of carbonyl (C=O) groups excluding carboxylic acids is 3. The molecule has 1 atom stereocenters. The van der Waals surface area contributed by atoms with Gasteiger partial charge in [-0.05, 0) is 80.6 Å². The van der Waals surface area contributed by atoms with Crippen LogP contribution in [0.5, 0.6) is 0 Å². The predicted octanol–water partition coefficient (Wildman–Crippen LogP) is 3.24. The molecule has 2 aromatic rings. The van der Waals surface area contributed by atoms with E-state index < -0.39 is 0 Å². The van der Waals surface area contributed by atoms with Crippen LogP contribution in [0.2, 0.25) is 0 Å². The number of halogens is 1. The molecule has 5 rings (SSSR count). The van der Waals surface area contributed by atoms with Crippen molar-refractivity contribution in [2.45, 2.75) is 25.7 Å². The van der Waals surface area contributed by atoms with Gasteiger partial charge in [-0.1, -0.05) is 12.1 Å². The Morgan fingerprint density at radius 1 is 0.837 bits per heavy atom. The zero-order valence-electron chi connectivity index (χ0n) is 24.7. The molecule has 3 fully saturated rings. The van der Waals surface area contributed by atoms with Crippen LogP contribution in [-0.2, 0) is 15.9 Å². The first-order valence-electron chi connectivity index (χ1n) is 15.4. The van der Waals surface area contributed by atoms with E-state index in [0.29, 0.717) is 81.9 Å². The summed E-state index contributed by atoms with van der Waals surface area (Å²) in [4.78, 5) is 45.2. The molecule has 4 amide bonds. The number of benzene rings is 2. The van der Waals surface area contributed by atoms with E-state index in [1.54, 1.807) is 28.0 Å². The van der Waals surface area contributed by atoms with Crippen LogP contribution in [0.4, 0.5) is 14.9 Å². The Balaban J connectivity index is 1.14. The minimum atomic E-state index is -0.381. The van der Waals surface area contributed by atoms with E-state index in [1.165, 1.54) is 12.1 Å². The summed E-state index contributed by atoms with van der Waals surface area (Å²) in [6.07, 6.45) is 4.04. The number of hydrogen-bond donors (Lipinski definition) is 2. The molecule has 232 valence electrons. The average Bonchev–Trinajstić information content (AvgIpc) is 3.04. The lowest BCUT2D eigenvalue weighted by Gasteiger charge is -2.32. The first kappa shape index (κ1) is 30.9. The van der Waals surface area contributed by atoms with Gasteiger partial charge in [0.05, 0.1) is 26.4 Å². The number of amides is 4. The van der Waals surface area contributed by atoms with Gasteiger partial charge in [0.1, 0.15) is 5.82 Å². The predicted molar refractivity (Wildman–Crippen MR) is 161 cm³/mol. The van der Waals surface area contributed by atoms with Crippen LogP contribution in [-0.4, -0.2) is 111 Å². The van der Waals surface area contributed by atoms with E-state index in [-0.39, 0.29) is 23.7 Å². The highest BCUT2D eigenvalue weighted by Gasteiger charge is 2.24. The van der Waals surface area contributed by atoms with Gasteiger partial charge in [-0.25, -0.2) is 9.18 Å². The zero-order chi connectivity index (χ0) is 30.0. The molecule has 3 aliphatic rings. The lowest BCUT2D eigenvalue weighted by Crippen LogP contribution is -2.42. The van der Waals surface area contributed by atoms with Crippen molar-refractivity contribution < 1.29 is 28.2 Å². The summed E-state index contributed by atoms with van der Waals surface area (Å²) in [5.41, 5.74) is 2.28. The fourth-order valence-electron chi connectivity index (χ4n) is 6.00. The zero-order valence-corrected chi connectivity index (χ0v) is 24.7. The van der Waals surface area contributed by atoms with Crippen molar-refractivity contribution in [3.63, 3.8) is 0 Å². The van der Waals surface area contributed by atoms with Crippen LogP contribution in [0.1, 0.15) is 45.5 Å². The summed E-state index contributed by atoms with van der Waals surface area (Å²) in [5.74, 6) is -0.0516. The van der Waals surface area contributed by atoms with Crippen LogP contribution in [0.15, 0.2) is 42.5 Å². The molecular formula is C32H42FN5O5. The highest BCUT2D eigenvalue weighted by molar-refractivity contribution is 6.02. The SMILES string of the molecule is O=C(NCCCN1CCCC(Cc2ccc(F)cc2)C1)Nc1cc(C(=O)N2CCOCC2)cc(C(=O)N2CCOCC2)c1. The second kappa shape index (κ2) is 15.3. The molecule has 3 saturated heterocycles. The third-order valence-electron chi connectivity index (χ3n) is 8.26. The summed E-state index contributed by atoms with van der Waals surface area (Å²) in [5, 5.41) is 5.75.